The highest BCUT2D eigenvalue weighted by Gasteiger charge is 2.42. The Hall–Kier alpha value is -0.660. The van der Waals surface area contributed by atoms with Gasteiger partial charge in [0.2, 0.25) is 10.0 Å². The molecule has 16 heavy (non-hydrogen) atoms. The van der Waals surface area contributed by atoms with Crippen LogP contribution in [0.2, 0.25) is 0 Å². The Kier molecular flexibility index (Phi) is 3.92. The third kappa shape index (κ3) is 2.93. The van der Waals surface area contributed by atoms with E-state index in [4.69, 9.17) is 5.11 Å². The van der Waals surface area contributed by atoms with Crippen LogP contribution in [-0.2, 0) is 14.8 Å². The van der Waals surface area contributed by atoms with E-state index < -0.39 is 28.1 Å². The van der Waals surface area contributed by atoms with Crippen LogP contribution in [0.1, 0.15) is 20.3 Å². The first-order valence-electron chi connectivity index (χ1n) is 5.14. The molecule has 0 radical (unpaired) electrons. The molecule has 0 aromatic heterocycles. The number of aliphatic hydroxyl groups excluding tert-OH is 1. The van der Waals surface area contributed by atoms with Gasteiger partial charge in [0.05, 0.1) is 11.9 Å². The molecule has 1 aliphatic heterocycles. The largest absolute Gasteiger partial charge is 0.480 e. The lowest BCUT2D eigenvalue weighted by molar-refractivity contribution is -0.140. The molecule has 1 heterocycles. The summed E-state index contributed by atoms with van der Waals surface area (Å²) < 4.78 is 24.6. The molecule has 6 nitrogen and oxygen atoms in total. The molecule has 0 aromatic rings. The number of hydrogen-bond donors (Lipinski definition) is 2. The monoisotopic (exact) mass is 251 g/mol. The summed E-state index contributed by atoms with van der Waals surface area (Å²) in [5, 5.41) is 18.2. The van der Waals surface area contributed by atoms with Crippen molar-refractivity contribution in [2.45, 2.75) is 32.4 Å². The Balaban J connectivity index is 2.89. The fourth-order valence-corrected chi connectivity index (χ4v) is 3.83. The summed E-state index contributed by atoms with van der Waals surface area (Å²) in [6.45, 7) is 3.38. The van der Waals surface area contributed by atoms with Crippen LogP contribution in [0.3, 0.4) is 0 Å². The quantitative estimate of drug-likeness (QED) is 0.702. The molecule has 2 atom stereocenters. The van der Waals surface area contributed by atoms with Gasteiger partial charge < -0.3 is 10.2 Å². The average Bonchev–Trinajstić information content (AvgIpc) is 2.45. The summed E-state index contributed by atoms with van der Waals surface area (Å²) in [6.07, 6.45) is -0.921. The number of carboxylic acid groups (broad SMARTS) is 1. The zero-order valence-electron chi connectivity index (χ0n) is 9.33. The highest BCUT2D eigenvalue weighted by atomic mass is 32.2. The van der Waals surface area contributed by atoms with Crippen LogP contribution < -0.4 is 0 Å². The summed E-state index contributed by atoms with van der Waals surface area (Å²) in [7, 11) is -3.59. The minimum Gasteiger partial charge on any atom is -0.480 e. The molecule has 0 spiro atoms. The maximum Gasteiger partial charge on any atom is 0.322 e. The molecule has 1 rings (SSSR count). The fourth-order valence-electron chi connectivity index (χ4n) is 1.83. The Morgan fingerprint density at radius 1 is 1.50 bits per heavy atom. The minimum atomic E-state index is -3.59. The Labute approximate surface area is 94.9 Å². The van der Waals surface area contributed by atoms with Gasteiger partial charge in [-0.25, -0.2) is 8.42 Å². The van der Waals surface area contributed by atoms with E-state index in [1.807, 2.05) is 0 Å². The van der Waals surface area contributed by atoms with E-state index in [-0.39, 0.29) is 24.6 Å². The number of hydrogen-bond acceptors (Lipinski definition) is 4. The maximum absolute atomic E-state index is 11.9. The first kappa shape index (κ1) is 13.4. The lowest BCUT2D eigenvalue weighted by Gasteiger charge is -2.21. The predicted octanol–water partition coefficient (Wildman–Crippen LogP) is -0.508. The van der Waals surface area contributed by atoms with Crippen LogP contribution in [0.25, 0.3) is 0 Å². The van der Waals surface area contributed by atoms with Crippen molar-refractivity contribution in [3.05, 3.63) is 0 Å². The van der Waals surface area contributed by atoms with Crippen LogP contribution in [0.4, 0.5) is 0 Å². The normalized spacial score (nSPS) is 27.5. The van der Waals surface area contributed by atoms with E-state index in [0.29, 0.717) is 0 Å². The van der Waals surface area contributed by atoms with Crippen molar-refractivity contribution in [2.24, 2.45) is 5.92 Å². The molecular formula is C9H17NO5S. The molecule has 7 heteroatoms. The van der Waals surface area contributed by atoms with Gasteiger partial charge in [0.25, 0.3) is 0 Å². The smallest absolute Gasteiger partial charge is 0.322 e. The first-order valence-corrected chi connectivity index (χ1v) is 6.75. The topological polar surface area (TPSA) is 94.9 Å². The highest BCUT2D eigenvalue weighted by molar-refractivity contribution is 7.89. The fraction of sp³-hybridized carbons (Fsp3) is 0.889. The van der Waals surface area contributed by atoms with E-state index >= 15 is 0 Å². The Morgan fingerprint density at radius 2 is 2.06 bits per heavy atom. The van der Waals surface area contributed by atoms with Crippen LogP contribution in [-0.4, -0.2) is 53.3 Å². The number of carboxylic acids is 1. The van der Waals surface area contributed by atoms with E-state index in [9.17, 15) is 18.3 Å². The van der Waals surface area contributed by atoms with Gasteiger partial charge in [0.1, 0.15) is 6.04 Å². The van der Waals surface area contributed by atoms with Gasteiger partial charge in [-0.2, -0.15) is 4.31 Å². The molecule has 0 bridgehead atoms. The van der Waals surface area contributed by atoms with Gasteiger partial charge in [-0.1, -0.05) is 13.8 Å². The van der Waals surface area contributed by atoms with E-state index in [0.717, 1.165) is 4.31 Å². The average molecular weight is 251 g/mol. The molecule has 1 fully saturated rings. The second kappa shape index (κ2) is 4.68. The van der Waals surface area contributed by atoms with Gasteiger partial charge in [-0.05, 0) is 5.92 Å². The second-order valence-electron chi connectivity index (χ2n) is 4.49. The molecule has 1 aliphatic rings. The summed E-state index contributed by atoms with van der Waals surface area (Å²) >= 11 is 0. The van der Waals surface area contributed by atoms with E-state index in [1.165, 1.54) is 0 Å². The van der Waals surface area contributed by atoms with Crippen molar-refractivity contribution in [1.29, 1.82) is 0 Å². The second-order valence-corrected chi connectivity index (χ2v) is 6.45. The van der Waals surface area contributed by atoms with Crippen LogP contribution in [0, 0.1) is 5.92 Å². The van der Waals surface area contributed by atoms with Crippen molar-refractivity contribution >= 4 is 16.0 Å². The van der Waals surface area contributed by atoms with Gasteiger partial charge in [0.15, 0.2) is 0 Å². The van der Waals surface area contributed by atoms with Gasteiger partial charge in [-0.15, -0.1) is 0 Å². The molecule has 0 aliphatic carbocycles. The van der Waals surface area contributed by atoms with E-state index in [1.54, 1.807) is 13.8 Å². The summed E-state index contributed by atoms with van der Waals surface area (Å²) in [4.78, 5) is 10.9. The van der Waals surface area contributed by atoms with Crippen LogP contribution in [0.15, 0.2) is 0 Å². The van der Waals surface area contributed by atoms with Gasteiger partial charge in [0, 0.05) is 13.0 Å². The Bertz CT molecular complexity index is 364. The van der Waals surface area contributed by atoms with E-state index in [2.05, 4.69) is 0 Å². The standard InChI is InChI=1S/C9H17NO5S/c1-6(2)5-16(14,15)10-4-7(11)3-8(10)9(12)13/h6-8,11H,3-5H2,1-2H3,(H,12,13)/t7?,8-/m0/s1. The SMILES string of the molecule is CC(C)CS(=O)(=O)N1CC(O)C[C@H]1C(=O)O. The minimum absolute atomic E-state index is 0.0351. The number of aliphatic hydroxyl groups is 1. The van der Waals surface area contributed by atoms with Crippen molar-refractivity contribution in [2.75, 3.05) is 12.3 Å². The molecule has 94 valence electrons. The lowest BCUT2D eigenvalue weighted by atomic mass is 10.2. The number of aliphatic carboxylic acids is 1. The molecule has 0 saturated carbocycles. The number of carbonyl (C=O) groups is 1. The van der Waals surface area contributed by atoms with Crippen molar-refractivity contribution < 1.29 is 23.4 Å². The third-order valence-electron chi connectivity index (χ3n) is 2.42. The summed E-state index contributed by atoms with van der Waals surface area (Å²) in [5.41, 5.74) is 0. The van der Waals surface area contributed by atoms with Gasteiger partial charge >= 0.3 is 5.97 Å². The predicted molar refractivity (Wildman–Crippen MR) is 57.4 cm³/mol. The molecule has 1 saturated heterocycles. The molecule has 0 aromatic carbocycles. The number of β-amino-alcohol motifs (C(OH)–C–C–N with tert-alkyl or cyclic N) is 1. The van der Waals surface area contributed by atoms with Crippen LogP contribution in [0.5, 0.6) is 0 Å². The highest BCUT2D eigenvalue weighted by Crippen LogP contribution is 2.23. The number of nitrogens with zero attached hydrogens (tertiary/aromatic N) is 1. The molecule has 0 amide bonds. The summed E-state index contributed by atoms with van der Waals surface area (Å²) in [5.74, 6) is -1.37. The zero-order chi connectivity index (χ0) is 12.5. The molecular weight excluding hydrogens is 234 g/mol. The van der Waals surface area contributed by atoms with Crippen molar-refractivity contribution in [1.82, 2.24) is 4.31 Å². The number of sulfonamides is 1. The molecule has 1 unspecified atom stereocenters. The zero-order valence-corrected chi connectivity index (χ0v) is 10.1. The van der Waals surface area contributed by atoms with Crippen molar-refractivity contribution in [3.8, 4) is 0 Å². The lowest BCUT2D eigenvalue weighted by Crippen LogP contribution is -2.42. The summed E-state index contributed by atoms with van der Waals surface area (Å²) in [6, 6.07) is -1.13. The molecule has 2 N–H and O–H groups in total. The maximum atomic E-state index is 11.9. The Morgan fingerprint density at radius 3 is 2.50 bits per heavy atom. The van der Waals surface area contributed by atoms with Crippen LogP contribution >= 0.6 is 0 Å². The number of rotatable bonds is 4. The third-order valence-corrected chi connectivity index (χ3v) is 4.63. The van der Waals surface area contributed by atoms with Crippen molar-refractivity contribution in [3.63, 3.8) is 0 Å². The first-order chi connectivity index (χ1) is 7.24. The van der Waals surface area contributed by atoms with Gasteiger partial charge in [-0.3, -0.25) is 4.79 Å².